The Kier molecular flexibility index (Phi) is 3.29. The second-order valence-corrected chi connectivity index (χ2v) is 5.30. The van der Waals surface area contributed by atoms with Crippen LogP contribution in [0.4, 0.5) is 8.78 Å². The second kappa shape index (κ2) is 4.66. The van der Waals surface area contributed by atoms with Gasteiger partial charge in [0, 0.05) is 5.41 Å². The number of aromatic nitrogens is 3. The summed E-state index contributed by atoms with van der Waals surface area (Å²) in [6.45, 7) is 5.24. The first-order chi connectivity index (χ1) is 9.21. The van der Waals surface area contributed by atoms with Crippen molar-refractivity contribution in [3.05, 3.63) is 41.5 Å². The molecule has 0 saturated heterocycles. The fourth-order valence-corrected chi connectivity index (χ4v) is 1.74. The van der Waals surface area contributed by atoms with Crippen molar-refractivity contribution < 1.29 is 18.7 Å². The number of hydrogen-bond acceptors (Lipinski definition) is 3. The maximum absolute atomic E-state index is 13.8. The van der Waals surface area contributed by atoms with Gasteiger partial charge >= 0.3 is 5.97 Å². The number of para-hydroxylation sites is 1. The Morgan fingerprint density at radius 1 is 1.25 bits per heavy atom. The fraction of sp³-hybridized carbons (Fsp3) is 0.308. The van der Waals surface area contributed by atoms with Crippen molar-refractivity contribution in [1.29, 1.82) is 0 Å². The topological polar surface area (TPSA) is 68.0 Å². The zero-order valence-corrected chi connectivity index (χ0v) is 11.2. The Balaban J connectivity index is 2.76. The van der Waals surface area contributed by atoms with Crippen molar-refractivity contribution in [2.75, 3.05) is 0 Å². The van der Waals surface area contributed by atoms with Crippen molar-refractivity contribution in [3.8, 4) is 5.69 Å². The molecule has 1 heterocycles. The normalized spacial score (nSPS) is 11.7. The van der Waals surface area contributed by atoms with Gasteiger partial charge in [0.2, 0.25) is 0 Å². The lowest BCUT2D eigenvalue weighted by Gasteiger charge is -2.18. The van der Waals surface area contributed by atoms with Crippen molar-refractivity contribution in [2.24, 2.45) is 0 Å². The lowest BCUT2D eigenvalue weighted by Crippen LogP contribution is -2.20. The molecule has 7 heteroatoms. The number of carboxylic acids is 1. The van der Waals surface area contributed by atoms with E-state index >= 15 is 0 Å². The van der Waals surface area contributed by atoms with Gasteiger partial charge in [0.25, 0.3) is 5.82 Å². The molecule has 1 N–H and O–H groups in total. The summed E-state index contributed by atoms with van der Waals surface area (Å²) in [4.78, 5) is 14.8. The summed E-state index contributed by atoms with van der Waals surface area (Å²) in [6, 6.07) is 3.37. The second-order valence-electron chi connectivity index (χ2n) is 5.30. The van der Waals surface area contributed by atoms with Crippen LogP contribution >= 0.6 is 0 Å². The first kappa shape index (κ1) is 14.1. The Bertz CT molecular complexity index is 654. The Morgan fingerprint density at radius 2 is 1.80 bits per heavy atom. The van der Waals surface area contributed by atoms with Gasteiger partial charge in [-0.15, -0.1) is 5.10 Å². The number of halogens is 2. The van der Waals surface area contributed by atoms with Crippen LogP contribution in [0.2, 0.25) is 0 Å². The lowest BCUT2D eigenvalue weighted by molar-refractivity contribution is 0.0683. The first-order valence-corrected chi connectivity index (χ1v) is 5.87. The number of carbonyl (C=O) groups is 1. The van der Waals surface area contributed by atoms with E-state index in [-0.39, 0.29) is 5.82 Å². The Hall–Kier alpha value is -2.31. The van der Waals surface area contributed by atoms with E-state index in [1.807, 2.05) is 0 Å². The molecule has 20 heavy (non-hydrogen) atoms. The Labute approximate surface area is 113 Å². The summed E-state index contributed by atoms with van der Waals surface area (Å²) in [7, 11) is 0. The molecule has 2 rings (SSSR count). The van der Waals surface area contributed by atoms with Gasteiger partial charge in [-0.1, -0.05) is 26.8 Å². The van der Waals surface area contributed by atoms with Crippen LogP contribution in [0.5, 0.6) is 0 Å². The minimum absolute atomic E-state index is 0.166. The van der Waals surface area contributed by atoms with E-state index < -0.39 is 34.5 Å². The smallest absolute Gasteiger partial charge is 0.375 e. The molecule has 0 saturated carbocycles. The molecule has 2 aromatic rings. The van der Waals surface area contributed by atoms with Gasteiger partial charge in [-0.3, -0.25) is 0 Å². The van der Waals surface area contributed by atoms with Gasteiger partial charge in [-0.25, -0.2) is 23.2 Å². The average molecular weight is 281 g/mol. The van der Waals surface area contributed by atoms with Crippen LogP contribution in [-0.4, -0.2) is 25.8 Å². The van der Waals surface area contributed by atoms with Crippen molar-refractivity contribution in [1.82, 2.24) is 14.8 Å². The molecule has 5 nitrogen and oxygen atoms in total. The third-order valence-corrected chi connectivity index (χ3v) is 2.62. The third-order valence-electron chi connectivity index (χ3n) is 2.62. The van der Waals surface area contributed by atoms with E-state index in [1.54, 1.807) is 20.8 Å². The van der Waals surface area contributed by atoms with Crippen LogP contribution in [-0.2, 0) is 5.41 Å². The molecule has 0 unspecified atom stereocenters. The van der Waals surface area contributed by atoms with E-state index in [1.165, 1.54) is 6.07 Å². The molecule has 0 fully saturated rings. The molecular formula is C13H13F2N3O2. The maximum atomic E-state index is 13.8. The van der Waals surface area contributed by atoms with E-state index in [9.17, 15) is 13.6 Å². The average Bonchev–Trinajstić information content (AvgIpc) is 2.73. The summed E-state index contributed by atoms with van der Waals surface area (Å²) in [5.41, 5.74) is -1.06. The number of benzene rings is 1. The van der Waals surface area contributed by atoms with Gasteiger partial charge in [0.1, 0.15) is 11.5 Å². The highest BCUT2D eigenvalue weighted by atomic mass is 19.1. The summed E-state index contributed by atoms with van der Waals surface area (Å²) in [5, 5.41) is 12.6. The predicted molar refractivity (Wildman–Crippen MR) is 66.9 cm³/mol. The van der Waals surface area contributed by atoms with Crippen LogP contribution in [0.3, 0.4) is 0 Å². The molecule has 1 aromatic carbocycles. The van der Waals surface area contributed by atoms with Crippen LogP contribution in [0.25, 0.3) is 5.69 Å². The van der Waals surface area contributed by atoms with Crippen LogP contribution in [0.1, 0.15) is 37.2 Å². The summed E-state index contributed by atoms with van der Waals surface area (Å²) in [5.74, 6) is -3.36. The number of aromatic carboxylic acids is 1. The first-order valence-electron chi connectivity index (χ1n) is 5.87. The highest BCUT2D eigenvalue weighted by molar-refractivity contribution is 5.83. The molecule has 0 radical (unpaired) electrons. The third kappa shape index (κ3) is 2.38. The molecule has 0 aliphatic rings. The molecule has 0 atom stereocenters. The van der Waals surface area contributed by atoms with E-state index in [0.29, 0.717) is 0 Å². The zero-order chi connectivity index (χ0) is 15.1. The maximum Gasteiger partial charge on any atom is 0.375 e. The van der Waals surface area contributed by atoms with Crippen LogP contribution < -0.4 is 0 Å². The van der Waals surface area contributed by atoms with E-state index in [2.05, 4.69) is 10.1 Å². The monoisotopic (exact) mass is 281 g/mol. The standard InChI is InChI=1S/C13H13F2N3O2/c1-13(2,3)12-16-10(11(19)20)17-18(12)9-7(14)5-4-6-8(9)15/h4-6H,1-3H3,(H,19,20). The van der Waals surface area contributed by atoms with E-state index in [4.69, 9.17) is 5.11 Å². The van der Waals surface area contributed by atoms with Crippen molar-refractivity contribution >= 4 is 5.97 Å². The molecule has 106 valence electrons. The Morgan fingerprint density at radius 3 is 2.25 bits per heavy atom. The van der Waals surface area contributed by atoms with Gasteiger partial charge < -0.3 is 5.11 Å². The number of carboxylic acid groups (broad SMARTS) is 1. The molecular weight excluding hydrogens is 268 g/mol. The quantitative estimate of drug-likeness (QED) is 0.918. The molecule has 1 aromatic heterocycles. The summed E-state index contributed by atoms with van der Waals surface area (Å²) in [6.07, 6.45) is 0. The van der Waals surface area contributed by atoms with Gasteiger partial charge in [-0.05, 0) is 12.1 Å². The van der Waals surface area contributed by atoms with Gasteiger partial charge in [0.15, 0.2) is 11.6 Å². The number of rotatable bonds is 2. The molecule has 0 bridgehead atoms. The lowest BCUT2D eigenvalue weighted by atomic mass is 9.95. The number of nitrogens with zero attached hydrogens (tertiary/aromatic N) is 3. The minimum Gasteiger partial charge on any atom is -0.475 e. The van der Waals surface area contributed by atoms with Crippen LogP contribution in [0.15, 0.2) is 18.2 Å². The number of hydrogen-bond donors (Lipinski definition) is 1. The van der Waals surface area contributed by atoms with Gasteiger partial charge in [-0.2, -0.15) is 0 Å². The highest BCUT2D eigenvalue weighted by Gasteiger charge is 2.28. The highest BCUT2D eigenvalue weighted by Crippen LogP contribution is 2.26. The van der Waals surface area contributed by atoms with Crippen molar-refractivity contribution in [2.45, 2.75) is 26.2 Å². The molecule has 0 spiro atoms. The summed E-state index contributed by atoms with van der Waals surface area (Å²) >= 11 is 0. The van der Waals surface area contributed by atoms with Gasteiger partial charge in [0.05, 0.1) is 0 Å². The van der Waals surface area contributed by atoms with Crippen molar-refractivity contribution in [3.63, 3.8) is 0 Å². The minimum atomic E-state index is -1.36. The zero-order valence-electron chi connectivity index (χ0n) is 11.2. The molecule has 0 aliphatic carbocycles. The van der Waals surface area contributed by atoms with E-state index in [0.717, 1.165) is 16.8 Å². The largest absolute Gasteiger partial charge is 0.475 e. The molecule has 0 aliphatic heterocycles. The summed E-state index contributed by atoms with van der Waals surface area (Å²) < 4.78 is 28.6. The van der Waals surface area contributed by atoms with Crippen LogP contribution in [0, 0.1) is 11.6 Å². The predicted octanol–water partition coefficient (Wildman–Crippen LogP) is 2.54. The fourth-order valence-electron chi connectivity index (χ4n) is 1.74. The SMILES string of the molecule is CC(C)(C)c1nc(C(=O)O)nn1-c1c(F)cccc1F. The molecule has 0 amide bonds.